The van der Waals surface area contributed by atoms with Gasteiger partial charge in [0.05, 0.1) is 24.8 Å². The molecular weight excluding hydrogens is 459 g/mol. The van der Waals surface area contributed by atoms with Crippen LogP contribution in [0.25, 0.3) is 0 Å². The van der Waals surface area contributed by atoms with Gasteiger partial charge in [0, 0.05) is 11.3 Å². The number of carbonyl (C=O) groups excluding carboxylic acids is 3. The molecule has 0 saturated carbocycles. The van der Waals surface area contributed by atoms with Gasteiger partial charge in [0.25, 0.3) is 0 Å². The molecule has 3 rings (SSSR count). The minimum atomic E-state index is -0.717. The topological polar surface area (TPSA) is 146 Å². The molecule has 1 fully saturated rings. The minimum Gasteiger partial charge on any atom is -0.443 e. The first kappa shape index (κ1) is 26.9. The third-order valence-electron chi connectivity index (χ3n) is 3.66. The van der Waals surface area contributed by atoms with Crippen molar-refractivity contribution in [3.05, 3.63) is 65.7 Å². The number of ether oxygens (including phenoxy) is 2. The van der Waals surface area contributed by atoms with Gasteiger partial charge in [-0.2, -0.15) is 4.99 Å². The van der Waals surface area contributed by atoms with Crippen LogP contribution in [0.3, 0.4) is 0 Å². The van der Waals surface area contributed by atoms with Crippen molar-refractivity contribution in [3.63, 3.8) is 0 Å². The molecule has 0 bridgehead atoms. The Labute approximate surface area is 195 Å². The Hall–Kier alpha value is -3.14. The van der Waals surface area contributed by atoms with Crippen LogP contribution in [0.15, 0.2) is 59.6 Å². The lowest BCUT2D eigenvalue weighted by Crippen LogP contribution is -2.16. The SMILES string of the molecule is ClCCl.NCNc1ccc(C(N)=NC(=O)OCc2ccccc2)cc1.O=C1CCC(=O)O1. The number of hydrogen-bond acceptors (Lipinski definition) is 7. The van der Waals surface area contributed by atoms with E-state index in [0.29, 0.717) is 12.2 Å². The lowest BCUT2D eigenvalue weighted by atomic mass is 10.2. The molecule has 1 amide bonds. The lowest BCUT2D eigenvalue weighted by Gasteiger charge is -2.05. The second kappa shape index (κ2) is 15.6. The number of esters is 2. The third-order valence-corrected chi connectivity index (χ3v) is 3.66. The van der Waals surface area contributed by atoms with E-state index in [0.717, 1.165) is 11.3 Å². The Morgan fingerprint density at radius 2 is 1.59 bits per heavy atom. The maximum Gasteiger partial charge on any atom is 0.435 e. The molecule has 0 atom stereocenters. The van der Waals surface area contributed by atoms with Gasteiger partial charge in [-0.25, -0.2) is 4.79 Å². The van der Waals surface area contributed by atoms with Crippen LogP contribution in [0.1, 0.15) is 24.0 Å². The van der Waals surface area contributed by atoms with Crippen LogP contribution < -0.4 is 16.8 Å². The molecule has 1 heterocycles. The Kier molecular flexibility index (Phi) is 13.1. The predicted octanol–water partition coefficient (Wildman–Crippen LogP) is 3.33. The maximum absolute atomic E-state index is 11.7. The highest BCUT2D eigenvalue weighted by molar-refractivity contribution is 6.40. The van der Waals surface area contributed by atoms with Crippen LogP contribution in [0.4, 0.5) is 10.5 Å². The van der Waals surface area contributed by atoms with E-state index in [4.69, 9.17) is 39.4 Å². The van der Waals surface area contributed by atoms with Crippen LogP contribution in [0, 0.1) is 0 Å². The van der Waals surface area contributed by atoms with E-state index in [2.05, 4.69) is 15.0 Å². The summed E-state index contributed by atoms with van der Waals surface area (Å²) in [6.07, 6.45) is -0.192. The molecule has 1 aliphatic heterocycles. The number of cyclic esters (lactones) is 2. The highest BCUT2D eigenvalue weighted by Crippen LogP contribution is 2.09. The molecule has 5 N–H and O–H groups in total. The number of aliphatic imine (C=N–C) groups is 1. The quantitative estimate of drug-likeness (QED) is 0.147. The molecule has 1 aliphatic rings. The van der Waals surface area contributed by atoms with Crippen molar-refractivity contribution >= 4 is 52.8 Å². The van der Waals surface area contributed by atoms with E-state index in [1.54, 1.807) is 24.3 Å². The van der Waals surface area contributed by atoms with Gasteiger partial charge in [-0.05, 0) is 29.8 Å². The summed E-state index contributed by atoms with van der Waals surface area (Å²) in [7, 11) is 0. The van der Waals surface area contributed by atoms with Crippen LogP contribution >= 0.6 is 23.2 Å². The second-order valence-corrected chi connectivity index (χ2v) is 6.75. The number of rotatable bonds is 5. The van der Waals surface area contributed by atoms with E-state index < -0.39 is 18.0 Å². The molecule has 0 aromatic heterocycles. The zero-order chi connectivity index (χ0) is 23.8. The fourth-order valence-electron chi connectivity index (χ4n) is 2.22. The van der Waals surface area contributed by atoms with Crippen LogP contribution in [0.5, 0.6) is 0 Å². The zero-order valence-corrected chi connectivity index (χ0v) is 18.6. The molecule has 0 radical (unpaired) electrons. The Morgan fingerprint density at radius 1 is 1.03 bits per heavy atom. The Bertz CT molecular complexity index is 879. The van der Waals surface area contributed by atoms with E-state index in [1.807, 2.05) is 30.3 Å². The second-order valence-electron chi connectivity index (χ2n) is 5.94. The number of nitrogens with zero attached hydrogens (tertiary/aromatic N) is 1. The molecule has 32 heavy (non-hydrogen) atoms. The largest absolute Gasteiger partial charge is 0.443 e. The number of nitrogens with two attached hydrogens (primary N) is 2. The number of carbonyl (C=O) groups is 3. The smallest absolute Gasteiger partial charge is 0.435 e. The van der Waals surface area contributed by atoms with Crippen molar-refractivity contribution in [2.75, 3.05) is 17.3 Å². The number of hydrogen-bond donors (Lipinski definition) is 3. The predicted molar refractivity (Wildman–Crippen MR) is 123 cm³/mol. The van der Waals surface area contributed by atoms with Crippen LogP contribution in [0.2, 0.25) is 0 Å². The molecule has 11 heteroatoms. The Morgan fingerprint density at radius 3 is 2.06 bits per heavy atom. The summed E-state index contributed by atoms with van der Waals surface area (Å²) in [5, 5.41) is 3.15. The number of alkyl halides is 2. The third kappa shape index (κ3) is 11.3. The first-order valence-corrected chi connectivity index (χ1v) is 10.4. The Balaban J connectivity index is 0.000000424. The van der Waals surface area contributed by atoms with Crippen molar-refractivity contribution in [1.82, 2.24) is 0 Å². The number of halogens is 2. The summed E-state index contributed by atoms with van der Waals surface area (Å²) in [4.78, 5) is 35.4. The monoisotopic (exact) mass is 482 g/mol. The minimum absolute atomic E-state index is 0.109. The summed E-state index contributed by atoms with van der Waals surface area (Å²) in [6, 6.07) is 16.5. The van der Waals surface area contributed by atoms with E-state index >= 15 is 0 Å². The molecular formula is C21H24Cl2N4O5. The van der Waals surface area contributed by atoms with Crippen LogP contribution in [-0.2, 0) is 25.7 Å². The maximum atomic E-state index is 11.7. The fourth-order valence-corrected chi connectivity index (χ4v) is 2.22. The molecule has 2 aromatic rings. The summed E-state index contributed by atoms with van der Waals surface area (Å²) in [6.45, 7) is 0.505. The fraction of sp³-hybridized carbons (Fsp3) is 0.238. The van der Waals surface area contributed by atoms with Gasteiger partial charge in [-0.1, -0.05) is 30.3 Å². The van der Waals surface area contributed by atoms with Crippen molar-refractivity contribution in [2.45, 2.75) is 19.4 Å². The van der Waals surface area contributed by atoms with Crippen LogP contribution in [-0.4, -0.2) is 35.9 Å². The summed E-state index contributed by atoms with van der Waals surface area (Å²) in [5.41, 5.74) is 13.6. The number of amidine groups is 1. The molecule has 0 spiro atoms. The standard InChI is InChI=1S/C16H18N4O2.C4H4O3.CH2Cl2/c17-11-19-14-8-6-13(7-9-14)15(18)20-16(21)22-10-12-4-2-1-3-5-12;5-3-1-2-4(6)7-3;2-1-3/h1-9,19H,10-11,17H2,(H2,18,20,21);1-2H2;1H2. The van der Waals surface area contributed by atoms with Gasteiger partial charge in [-0.3, -0.25) is 9.59 Å². The normalized spacial score (nSPS) is 12.5. The number of benzene rings is 2. The van der Waals surface area contributed by atoms with Crippen molar-refractivity contribution in [1.29, 1.82) is 0 Å². The average Bonchev–Trinajstić information content (AvgIpc) is 3.17. The highest BCUT2D eigenvalue weighted by Gasteiger charge is 2.19. The average molecular weight is 483 g/mol. The highest BCUT2D eigenvalue weighted by atomic mass is 35.5. The van der Waals surface area contributed by atoms with Gasteiger partial charge >= 0.3 is 18.0 Å². The van der Waals surface area contributed by atoms with Crippen molar-refractivity contribution in [3.8, 4) is 0 Å². The van der Waals surface area contributed by atoms with Gasteiger partial charge in [0.2, 0.25) is 0 Å². The molecule has 2 aromatic carbocycles. The van der Waals surface area contributed by atoms with Gasteiger partial charge in [0.15, 0.2) is 0 Å². The molecule has 0 aliphatic carbocycles. The van der Waals surface area contributed by atoms with Crippen molar-refractivity contribution in [2.24, 2.45) is 16.5 Å². The van der Waals surface area contributed by atoms with E-state index in [-0.39, 0.29) is 30.6 Å². The number of anilines is 1. The molecule has 172 valence electrons. The number of nitrogens with one attached hydrogen (secondary N) is 1. The molecule has 0 unspecified atom stereocenters. The van der Waals surface area contributed by atoms with E-state index in [1.165, 1.54) is 0 Å². The van der Waals surface area contributed by atoms with Gasteiger partial charge in [-0.15, -0.1) is 23.2 Å². The van der Waals surface area contributed by atoms with E-state index in [9.17, 15) is 14.4 Å². The summed E-state index contributed by atoms with van der Waals surface area (Å²) >= 11 is 9.53. The lowest BCUT2D eigenvalue weighted by molar-refractivity contribution is -0.151. The first-order chi connectivity index (χ1) is 15.4. The van der Waals surface area contributed by atoms with Gasteiger partial charge in [0.1, 0.15) is 12.4 Å². The summed E-state index contributed by atoms with van der Waals surface area (Å²) in [5.74, 6) is -0.688. The first-order valence-electron chi connectivity index (χ1n) is 9.34. The zero-order valence-electron chi connectivity index (χ0n) is 17.1. The van der Waals surface area contributed by atoms with Crippen molar-refractivity contribution < 1.29 is 23.9 Å². The number of amides is 1. The molecule has 1 saturated heterocycles. The summed E-state index contributed by atoms with van der Waals surface area (Å²) < 4.78 is 9.13. The molecule has 9 nitrogen and oxygen atoms in total. The van der Waals surface area contributed by atoms with Gasteiger partial charge < -0.3 is 26.3 Å².